The molecule has 4 N–H and O–H groups in total. The van der Waals surface area contributed by atoms with Gasteiger partial charge in [0.1, 0.15) is 6.29 Å². The van der Waals surface area contributed by atoms with Crippen LogP contribution in [0.2, 0.25) is 0 Å². The number of anilines is 1. The average Bonchev–Trinajstić information content (AvgIpc) is 2.36. The summed E-state index contributed by atoms with van der Waals surface area (Å²) in [7, 11) is -2.77. The van der Waals surface area contributed by atoms with Gasteiger partial charge in [-0.2, -0.15) is 13.2 Å². The number of alkyl halides is 3. The Labute approximate surface area is 113 Å². The molecule has 0 aliphatic rings. The van der Waals surface area contributed by atoms with Gasteiger partial charge in [0.05, 0.1) is 5.56 Å². The molecule has 6 nitrogen and oxygen atoms in total. The van der Waals surface area contributed by atoms with Gasteiger partial charge >= 0.3 is 13.8 Å². The molecule has 0 saturated carbocycles. The highest BCUT2D eigenvalue weighted by Gasteiger charge is 2.29. The molecule has 0 aliphatic carbocycles. The van der Waals surface area contributed by atoms with Gasteiger partial charge in [0, 0.05) is 12.8 Å². The summed E-state index contributed by atoms with van der Waals surface area (Å²) in [6.07, 6.45) is -4.97. The summed E-state index contributed by atoms with van der Waals surface area (Å²) in [5.41, 5.74) is 4.89. The molecule has 0 fully saturated rings. The Bertz CT molecular complexity index is 531. The Morgan fingerprint density at radius 1 is 1.45 bits per heavy atom. The number of nitrogens with zero attached hydrogens (tertiary/aromatic N) is 1. The van der Waals surface area contributed by atoms with E-state index in [9.17, 15) is 17.7 Å². The van der Waals surface area contributed by atoms with Gasteiger partial charge < -0.3 is 20.5 Å². The van der Waals surface area contributed by atoms with Crippen LogP contribution in [0.25, 0.3) is 0 Å². The third-order valence-corrected chi connectivity index (χ3v) is 3.26. The molecule has 0 heterocycles. The molecule has 0 amide bonds. The minimum atomic E-state index is -4.42. The standard InChI is InChI=1S/C10H13F3N3O3P/c1-19-20(17,18)6-15-9(14)16-8-4-2-7(3-5-8)10(11,12)13/h2-5H,6H2,1H3,(H,17,18)(H3,14,15,16). The first-order chi connectivity index (χ1) is 9.14. The second-order valence-electron chi connectivity index (χ2n) is 3.70. The summed E-state index contributed by atoms with van der Waals surface area (Å²) in [5, 5.41) is 2.49. The number of nitrogens with one attached hydrogen (secondary N) is 1. The third-order valence-electron chi connectivity index (χ3n) is 2.19. The molecule has 1 atom stereocenters. The minimum Gasteiger partial charge on any atom is -0.370 e. The first-order valence-electron chi connectivity index (χ1n) is 5.26. The number of nitrogens with two attached hydrogens (primary N) is 1. The quantitative estimate of drug-likeness (QED) is 0.450. The molecule has 0 bridgehead atoms. The van der Waals surface area contributed by atoms with E-state index in [0.29, 0.717) is 0 Å². The van der Waals surface area contributed by atoms with Crippen LogP contribution in [0.5, 0.6) is 0 Å². The Kier molecular flexibility index (Phi) is 5.15. The van der Waals surface area contributed by atoms with Gasteiger partial charge in [0.25, 0.3) is 0 Å². The summed E-state index contributed by atoms with van der Waals surface area (Å²) in [6.45, 7) is 0. The Morgan fingerprint density at radius 3 is 2.45 bits per heavy atom. The highest BCUT2D eigenvalue weighted by Crippen LogP contribution is 2.40. The fourth-order valence-electron chi connectivity index (χ4n) is 1.15. The molecule has 1 aromatic carbocycles. The van der Waals surface area contributed by atoms with Crippen LogP contribution < -0.4 is 11.1 Å². The number of hydrogen-bond donors (Lipinski definition) is 3. The zero-order valence-electron chi connectivity index (χ0n) is 10.4. The van der Waals surface area contributed by atoms with Crippen LogP contribution in [0.4, 0.5) is 18.9 Å². The maximum atomic E-state index is 12.3. The minimum absolute atomic E-state index is 0.212. The van der Waals surface area contributed by atoms with E-state index in [1.807, 2.05) is 0 Å². The van der Waals surface area contributed by atoms with Crippen molar-refractivity contribution < 1.29 is 27.2 Å². The molecular formula is C10H13F3N3O3P. The molecule has 0 saturated heterocycles. The van der Waals surface area contributed by atoms with Crippen molar-refractivity contribution in [3.8, 4) is 0 Å². The molecule has 0 aromatic heterocycles. The highest BCUT2D eigenvalue weighted by atomic mass is 31.2. The lowest BCUT2D eigenvalue weighted by Crippen LogP contribution is -2.23. The van der Waals surface area contributed by atoms with Crippen molar-refractivity contribution in [1.82, 2.24) is 0 Å². The Morgan fingerprint density at radius 2 is 2.00 bits per heavy atom. The number of hydrogen-bond acceptors (Lipinski definition) is 3. The number of guanidine groups is 1. The van der Waals surface area contributed by atoms with E-state index in [1.54, 1.807) is 0 Å². The maximum absolute atomic E-state index is 12.3. The normalized spacial score (nSPS) is 15.8. The van der Waals surface area contributed by atoms with Gasteiger partial charge in [-0.1, -0.05) is 0 Å². The van der Waals surface area contributed by atoms with Crippen LogP contribution in [0, 0.1) is 0 Å². The SMILES string of the molecule is COP(=O)(O)CN=C(N)Nc1ccc(C(F)(F)F)cc1. The lowest BCUT2D eigenvalue weighted by atomic mass is 10.2. The molecule has 10 heteroatoms. The molecule has 1 rings (SSSR count). The van der Waals surface area contributed by atoms with E-state index in [-0.39, 0.29) is 11.6 Å². The average molecular weight is 311 g/mol. The van der Waals surface area contributed by atoms with Crippen molar-refractivity contribution >= 4 is 19.2 Å². The van der Waals surface area contributed by atoms with Gasteiger partial charge in [-0.05, 0) is 24.3 Å². The summed E-state index contributed by atoms with van der Waals surface area (Å²) >= 11 is 0. The van der Waals surface area contributed by atoms with E-state index < -0.39 is 25.6 Å². The zero-order chi connectivity index (χ0) is 15.4. The molecule has 0 aliphatic heterocycles. The smallest absolute Gasteiger partial charge is 0.370 e. The molecule has 1 unspecified atom stereocenters. The van der Waals surface area contributed by atoms with Crippen LogP contribution in [0.15, 0.2) is 29.3 Å². The molecule has 0 radical (unpaired) electrons. The predicted molar refractivity (Wildman–Crippen MR) is 68.4 cm³/mol. The van der Waals surface area contributed by atoms with E-state index in [2.05, 4.69) is 14.8 Å². The zero-order valence-corrected chi connectivity index (χ0v) is 11.3. The van der Waals surface area contributed by atoms with Gasteiger partial charge in [0.2, 0.25) is 0 Å². The summed E-state index contributed by atoms with van der Waals surface area (Å²) in [6, 6.07) is 4.09. The predicted octanol–water partition coefficient (Wildman–Crippen LogP) is 2.22. The van der Waals surface area contributed by atoms with Crippen molar-refractivity contribution in [1.29, 1.82) is 0 Å². The Hall–Kier alpha value is -1.57. The topological polar surface area (TPSA) is 96.9 Å². The largest absolute Gasteiger partial charge is 0.416 e. The van der Waals surface area contributed by atoms with Gasteiger partial charge in [-0.15, -0.1) is 0 Å². The molecule has 112 valence electrons. The summed E-state index contributed by atoms with van der Waals surface area (Å²) in [5.74, 6) is -0.212. The summed E-state index contributed by atoms with van der Waals surface area (Å²) in [4.78, 5) is 12.6. The van der Waals surface area contributed by atoms with Crippen LogP contribution in [-0.4, -0.2) is 24.2 Å². The molecule has 1 aromatic rings. The van der Waals surface area contributed by atoms with Crippen molar-refractivity contribution in [3.05, 3.63) is 29.8 Å². The first-order valence-corrected chi connectivity index (χ1v) is 7.02. The van der Waals surface area contributed by atoms with Crippen molar-refractivity contribution in [3.63, 3.8) is 0 Å². The number of aliphatic imine (C=N–C) groups is 1. The molecule has 0 spiro atoms. The van der Waals surface area contributed by atoms with E-state index in [0.717, 1.165) is 19.2 Å². The third kappa shape index (κ3) is 5.20. The van der Waals surface area contributed by atoms with Crippen LogP contribution in [0.3, 0.4) is 0 Å². The van der Waals surface area contributed by atoms with Crippen molar-refractivity contribution in [2.45, 2.75) is 6.18 Å². The monoisotopic (exact) mass is 311 g/mol. The van der Waals surface area contributed by atoms with Crippen LogP contribution in [0.1, 0.15) is 5.56 Å². The van der Waals surface area contributed by atoms with E-state index in [4.69, 9.17) is 10.6 Å². The van der Waals surface area contributed by atoms with Crippen LogP contribution in [-0.2, 0) is 15.3 Å². The second-order valence-corrected chi connectivity index (χ2v) is 5.63. The number of halogens is 3. The van der Waals surface area contributed by atoms with Gasteiger partial charge in [-0.25, -0.2) is 4.99 Å². The van der Waals surface area contributed by atoms with Crippen molar-refractivity contribution in [2.75, 3.05) is 18.7 Å². The fourth-order valence-corrected chi connectivity index (χ4v) is 1.60. The van der Waals surface area contributed by atoms with Gasteiger partial charge in [-0.3, -0.25) is 4.57 Å². The van der Waals surface area contributed by atoms with Crippen molar-refractivity contribution in [2.24, 2.45) is 10.7 Å². The number of benzene rings is 1. The van der Waals surface area contributed by atoms with E-state index in [1.165, 1.54) is 12.1 Å². The fraction of sp³-hybridized carbons (Fsp3) is 0.300. The summed E-state index contributed by atoms with van der Waals surface area (Å²) < 4.78 is 52.4. The highest BCUT2D eigenvalue weighted by molar-refractivity contribution is 7.52. The lowest BCUT2D eigenvalue weighted by Gasteiger charge is -2.10. The Balaban J connectivity index is 2.70. The first kappa shape index (κ1) is 16.5. The molecule has 20 heavy (non-hydrogen) atoms. The van der Waals surface area contributed by atoms with E-state index >= 15 is 0 Å². The van der Waals surface area contributed by atoms with Gasteiger partial charge in [0.15, 0.2) is 5.96 Å². The lowest BCUT2D eigenvalue weighted by molar-refractivity contribution is -0.137. The number of rotatable bonds is 4. The second kappa shape index (κ2) is 6.25. The molecular weight excluding hydrogens is 298 g/mol. The van der Waals surface area contributed by atoms with Crippen LogP contribution >= 0.6 is 7.60 Å². The maximum Gasteiger partial charge on any atom is 0.416 e.